The van der Waals surface area contributed by atoms with Gasteiger partial charge in [-0.2, -0.15) is 74.3 Å². The number of hydrogen-bond donors (Lipinski definition) is 1. The van der Waals surface area contributed by atoms with Crippen molar-refractivity contribution >= 4 is 15.9 Å². The summed E-state index contributed by atoms with van der Waals surface area (Å²) >= 11 is 0. The molecule has 4 nitrogen and oxygen atoms in total. The van der Waals surface area contributed by atoms with E-state index in [-0.39, 0.29) is 0 Å². The molecule has 0 heterocycles. The summed E-state index contributed by atoms with van der Waals surface area (Å²) in [5.41, 5.74) is 0. The molecule has 0 radical (unpaired) electrons. The summed E-state index contributed by atoms with van der Waals surface area (Å²) in [6.07, 6.45) is -7.13. The van der Waals surface area contributed by atoms with Gasteiger partial charge in [0.25, 0.3) is 0 Å². The maximum absolute atomic E-state index is 13.0. The van der Waals surface area contributed by atoms with Gasteiger partial charge >= 0.3 is 56.9 Å². The van der Waals surface area contributed by atoms with Gasteiger partial charge in [0.05, 0.1) is 0 Å². The Balaban J connectivity index is 6.76. The van der Waals surface area contributed by atoms with Crippen LogP contribution in [0.5, 0.6) is 0 Å². The van der Waals surface area contributed by atoms with E-state index in [9.17, 15) is 79.1 Å². The highest BCUT2D eigenvalue weighted by Gasteiger charge is 2.93. The van der Waals surface area contributed by atoms with Crippen molar-refractivity contribution in [3.05, 3.63) is 0 Å². The highest BCUT2D eigenvalue weighted by atomic mass is 32.2. The van der Waals surface area contributed by atoms with Crippen LogP contribution >= 0.6 is 0 Å². The van der Waals surface area contributed by atoms with Crippen molar-refractivity contribution in [3.8, 4) is 0 Å². The zero-order chi connectivity index (χ0) is 23.6. The van der Waals surface area contributed by atoms with E-state index in [2.05, 4.69) is 0 Å². The Morgan fingerprint density at radius 2 is 0.857 bits per heavy atom. The van der Waals surface area contributed by atoms with Crippen LogP contribution in [0.15, 0.2) is 0 Å². The van der Waals surface area contributed by atoms with Crippen molar-refractivity contribution in [2.75, 3.05) is 0 Å². The van der Waals surface area contributed by atoms with Gasteiger partial charge in [-0.1, -0.05) is 0 Å². The Kier molecular flexibility index (Phi) is 5.93. The molecule has 0 spiro atoms. The van der Waals surface area contributed by atoms with Gasteiger partial charge in [0.15, 0.2) is 0 Å². The maximum atomic E-state index is 13.0. The topological polar surface area (TPSA) is 71.4 Å². The zero-order valence-corrected chi connectivity index (χ0v) is 12.6. The predicted octanol–water partition coefficient (Wildman–Crippen LogP) is 3.77. The first-order valence-corrected chi connectivity index (χ1v) is 6.95. The summed E-state index contributed by atoms with van der Waals surface area (Å²) in [6, 6.07) is 0. The second kappa shape index (κ2) is 6.26. The van der Waals surface area contributed by atoms with Crippen LogP contribution in [0.25, 0.3) is 0 Å². The van der Waals surface area contributed by atoms with Crippen LogP contribution in [0, 0.1) is 0 Å². The quantitative estimate of drug-likeness (QED) is 0.447. The Morgan fingerprint density at radius 3 is 1.11 bits per heavy atom. The van der Waals surface area contributed by atoms with E-state index in [4.69, 9.17) is 4.55 Å². The molecule has 0 aromatic carbocycles. The van der Waals surface area contributed by atoms with Gasteiger partial charge in [0.2, 0.25) is 0 Å². The summed E-state index contributed by atoms with van der Waals surface area (Å²) in [7, 11) is -7.80. The smallest absolute Gasteiger partial charge is 0.282 e. The van der Waals surface area contributed by atoms with E-state index < -0.39 is 56.9 Å². The van der Waals surface area contributed by atoms with E-state index >= 15 is 0 Å². The number of rotatable bonds is 7. The largest absolute Gasteiger partial charge is 0.456 e. The Hall–Kier alpha value is -1.47. The molecule has 0 aliphatic rings. The molecule has 20 heteroatoms. The molecule has 1 N–H and O–H groups in total. The first-order valence-electron chi connectivity index (χ1n) is 5.51. The second-order valence-electron chi connectivity index (χ2n) is 4.69. The predicted molar refractivity (Wildman–Crippen MR) is 52.3 cm³/mol. The van der Waals surface area contributed by atoms with Gasteiger partial charge in [0, 0.05) is 0 Å². The van der Waals surface area contributed by atoms with Crippen LogP contribution in [0.1, 0.15) is 0 Å². The summed E-state index contributed by atoms with van der Waals surface area (Å²) in [6.45, 7) is 0. The van der Waals surface area contributed by atoms with E-state index in [0.29, 0.717) is 0 Å². The first kappa shape index (κ1) is 26.5. The van der Waals surface area contributed by atoms with E-state index in [1.807, 2.05) is 0 Å². The van der Waals surface area contributed by atoms with Crippen molar-refractivity contribution in [1.29, 1.82) is 0 Å². The number of halogens is 15. The van der Waals surface area contributed by atoms with Crippen molar-refractivity contribution in [3.63, 3.8) is 0 Å². The van der Waals surface area contributed by atoms with Gasteiger partial charge in [-0.25, -0.2) is 0 Å². The molecule has 28 heavy (non-hydrogen) atoms. The fourth-order valence-corrected chi connectivity index (χ4v) is 1.71. The number of hydrogen-bond acceptors (Lipinski definition) is 3. The minimum absolute atomic E-state index is 5.15. The fourth-order valence-electron chi connectivity index (χ4n) is 1.26. The van der Waals surface area contributed by atoms with Crippen LogP contribution in [0.4, 0.5) is 65.9 Å². The van der Waals surface area contributed by atoms with Gasteiger partial charge in [-0.3, -0.25) is 9.35 Å². The number of ketones is 1. The molecule has 0 rings (SSSR count). The Bertz CT molecular complexity index is 734. The molecule has 0 amide bonds. The third kappa shape index (κ3) is 3.26. The lowest BCUT2D eigenvalue weighted by atomic mass is 9.92. The number of carbonyl (C=O) groups excluding carboxylic acids is 1. The van der Waals surface area contributed by atoms with Crippen molar-refractivity contribution in [2.24, 2.45) is 0 Å². The second-order valence-corrected chi connectivity index (χ2v) is 6.15. The average molecular weight is 478 g/mol. The molecule has 0 saturated carbocycles. The lowest BCUT2D eigenvalue weighted by Crippen LogP contribution is -2.73. The summed E-state index contributed by atoms with van der Waals surface area (Å²) in [5.74, 6) is -47.0. The van der Waals surface area contributed by atoms with Crippen molar-refractivity contribution in [1.82, 2.24) is 0 Å². The zero-order valence-electron chi connectivity index (χ0n) is 11.7. The maximum Gasteiger partial charge on any atom is 0.456 e. The minimum atomic E-state index is -8.61. The number of alkyl halides is 15. The minimum Gasteiger partial charge on any atom is -0.282 e. The molecular weight excluding hydrogens is 477 g/mol. The summed E-state index contributed by atoms with van der Waals surface area (Å²) < 4.78 is 218. The molecule has 0 aliphatic carbocycles. The third-order valence-corrected chi connectivity index (χ3v) is 3.71. The normalized spacial score (nSPS) is 16.3. The van der Waals surface area contributed by atoms with Crippen LogP contribution in [0.3, 0.4) is 0 Å². The molecule has 0 bridgehead atoms. The van der Waals surface area contributed by atoms with Gasteiger partial charge in [-0.15, -0.1) is 0 Å². The van der Waals surface area contributed by atoms with Crippen LogP contribution < -0.4 is 0 Å². The SMILES string of the molecule is O=C(C(F)(F)F)C(F)(F)C(F)(F)C(F)(F)C(F)(F)C(F)(F)C(F)(F)S(=O)(=O)O. The van der Waals surface area contributed by atoms with Crippen molar-refractivity contribution < 1.29 is 83.6 Å². The molecule has 0 saturated heterocycles. The van der Waals surface area contributed by atoms with Crippen molar-refractivity contribution in [2.45, 2.75) is 41.0 Å². The monoisotopic (exact) mass is 478 g/mol. The van der Waals surface area contributed by atoms with E-state index in [1.165, 1.54) is 0 Å². The third-order valence-electron chi connectivity index (χ3n) is 2.81. The molecular formula is C8HF15O4S. The van der Waals surface area contributed by atoms with Gasteiger partial charge in [0.1, 0.15) is 0 Å². The molecule has 0 aromatic heterocycles. The summed E-state index contributed by atoms with van der Waals surface area (Å²) in [5, 5.41) is -7.73. The highest BCUT2D eigenvalue weighted by Crippen LogP contribution is 2.61. The summed E-state index contributed by atoms with van der Waals surface area (Å²) in [4.78, 5) is 10.1. The van der Waals surface area contributed by atoms with Gasteiger partial charge < -0.3 is 0 Å². The molecule has 0 fully saturated rings. The standard InChI is InChI=1S/C8HF15O4S/c9-2(10,1(24)3(11,12)13)4(14,15)5(16,17)6(18,19)7(20,21)8(22,23)28(25,26)27/h(H,25,26,27). The fraction of sp³-hybridized carbons (Fsp3) is 0.875. The van der Waals surface area contributed by atoms with E-state index in [1.54, 1.807) is 0 Å². The van der Waals surface area contributed by atoms with Crippen LogP contribution in [-0.2, 0) is 14.9 Å². The number of Topliss-reactive ketones (excluding diaryl/α,β-unsaturated/α-hetero) is 1. The average Bonchev–Trinajstić information content (AvgIpc) is 2.42. The lowest BCUT2D eigenvalue weighted by molar-refractivity contribution is -0.412. The van der Waals surface area contributed by atoms with Crippen LogP contribution in [0.2, 0.25) is 0 Å². The lowest BCUT2D eigenvalue weighted by Gasteiger charge is -2.40. The molecule has 0 aromatic rings. The Labute approximate surface area is 142 Å². The van der Waals surface area contributed by atoms with Gasteiger partial charge in [-0.05, 0) is 0 Å². The first-order chi connectivity index (χ1) is 11.7. The highest BCUT2D eigenvalue weighted by molar-refractivity contribution is 7.87. The molecule has 0 aliphatic heterocycles. The number of carbonyl (C=O) groups is 1. The Morgan fingerprint density at radius 1 is 0.571 bits per heavy atom. The molecule has 0 atom stereocenters. The molecule has 0 unspecified atom stereocenters. The van der Waals surface area contributed by atoms with E-state index in [0.717, 1.165) is 0 Å². The molecule has 168 valence electrons. The van der Waals surface area contributed by atoms with Crippen LogP contribution in [-0.4, -0.2) is 59.8 Å².